The molecule has 1 unspecified atom stereocenters. The van der Waals surface area contributed by atoms with Crippen LogP contribution in [0.3, 0.4) is 0 Å². The van der Waals surface area contributed by atoms with E-state index in [4.69, 9.17) is 9.84 Å². The molecule has 1 aliphatic rings. The van der Waals surface area contributed by atoms with Crippen molar-refractivity contribution >= 4 is 23.6 Å². The van der Waals surface area contributed by atoms with Crippen molar-refractivity contribution in [2.24, 2.45) is 0 Å². The standard InChI is InChI=1S/C14H15F2NO4S/c15-13(16)22-10-3-1-9(2-4-10)12(20)17-14(7-11(18)19)5-6-21-8-14/h1-4,13H,5-8H2,(H,17,20)(H,18,19). The Kier molecular flexibility index (Phi) is 5.36. The third kappa shape index (κ3) is 4.41. The van der Waals surface area contributed by atoms with Gasteiger partial charge in [-0.15, -0.1) is 0 Å². The number of alkyl halides is 2. The highest BCUT2D eigenvalue weighted by Gasteiger charge is 2.38. The maximum atomic E-state index is 12.2. The van der Waals surface area contributed by atoms with Crippen molar-refractivity contribution in [1.29, 1.82) is 0 Å². The van der Waals surface area contributed by atoms with Gasteiger partial charge in [-0.1, -0.05) is 11.8 Å². The third-order valence-corrected chi connectivity index (χ3v) is 4.04. The van der Waals surface area contributed by atoms with Crippen LogP contribution in [0.5, 0.6) is 0 Å². The molecule has 0 spiro atoms. The van der Waals surface area contributed by atoms with Crippen molar-refractivity contribution in [2.75, 3.05) is 13.2 Å². The van der Waals surface area contributed by atoms with Crippen LogP contribution in [0.25, 0.3) is 0 Å². The van der Waals surface area contributed by atoms with Crippen LogP contribution in [0.4, 0.5) is 8.78 Å². The highest BCUT2D eigenvalue weighted by molar-refractivity contribution is 7.99. The summed E-state index contributed by atoms with van der Waals surface area (Å²) in [7, 11) is 0. The summed E-state index contributed by atoms with van der Waals surface area (Å²) < 4.78 is 29.7. The fourth-order valence-corrected chi connectivity index (χ4v) is 2.78. The van der Waals surface area contributed by atoms with Crippen molar-refractivity contribution in [3.8, 4) is 0 Å². The quantitative estimate of drug-likeness (QED) is 0.783. The number of halogens is 2. The summed E-state index contributed by atoms with van der Waals surface area (Å²) in [4.78, 5) is 23.5. The van der Waals surface area contributed by atoms with E-state index in [1.807, 2.05) is 0 Å². The first-order chi connectivity index (χ1) is 10.4. The molecular weight excluding hydrogens is 316 g/mol. The number of ether oxygens (including phenoxy) is 1. The van der Waals surface area contributed by atoms with Crippen LogP contribution in [-0.2, 0) is 9.53 Å². The minimum absolute atomic E-state index is 0.143. The van der Waals surface area contributed by atoms with Gasteiger partial charge in [-0.3, -0.25) is 9.59 Å². The van der Waals surface area contributed by atoms with Crippen LogP contribution < -0.4 is 5.32 Å². The Balaban J connectivity index is 2.05. The molecule has 2 N–H and O–H groups in total. The maximum absolute atomic E-state index is 12.2. The molecule has 1 aliphatic heterocycles. The molecule has 1 saturated heterocycles. The fraction of sp³-hybridized carbons (Fsp3) is 0.429. The number of carbonyl (C=O) groups excluding carboxylic acids is 1. The second-order valence-electron chi connectivity index (χ2n) is 5.01. The average Bonchev–Trinajstić information content (AvgIpc) is 2.86. The van der Waals surface area contributed by atoms with Crippen molar-refractivity contribution in [2.45, 2.75) is 29.0 Å². The Hall–Kier alpha value is -1.67. The SMILES string of the molecule is O=C(O)CC1(NC(=O)c2ccc(SC(F)F)cc2)CCOC1. The molecule has 1 amide bonds. The molecule has 5 nitrogen and oxygen atoms in total. The van der Waals surface area contributed by atoms with E-state index in [0.717, 1.165) is 0 Å². The number of carboxylic acids is 1. The molecule has 2 rings (SSSR count). The van der Waals surface area contributed by atoms with Crippen LogP contribution in [-0.4, -0.2) is 41.5 Å². The number of hydrogen-bond donors (Lipinski definition) is 2. The lowest BCUT2D eigenvalue weighted by molar-refractivity contribution is -0.138. The van der Waals surface area contributed by atoms with Crippen LogP contribution in [0.1, 0.15) is 23.2 Å². The molecule has 1 aromatic carbocycles. The van der Waals surface area contributed by atoms with E-state index in [9.17, 15) is 18.4 Å². The van der Waals surface area contributed by atoms with Crippen molar-refractivity contribution in [3.63, 3.8) is 0 Å². The molecule has 0 bridgehead atoms. The Morgan fingerprint density at radius 3 is 2.55 bits per heavy atom. The van der Waals surface area contributed by atoms with E-state index in [1.54, 1.807) is 0 Å². The Morgan fingerprint density at radius 2 is 2.05 bits per heavy atom. The molecule has 1 atom stereocenters. The number of carboxylic acid groups (broad SMARTS) is 1. The monoisotopic (exact) mass is 331 g/mol. The molecule has 22 heavy (non-hydrogen) atoms. The van der Waals surface area contributed by atoms with E-state index in [2.05, 4.69) is 5.32 Å². The smallest absolute Gasteiger partial charge is 0.305 e. The average molecular weight is 331 g/mol. The van der Waals surface area contributed by atoms with Gasteiger partial charge in [0.2, 0.25) is 0 Å². The summed E-state index contributed by atoms with van der Waals surface area (Å²) in [5.74, 6) is -3.98. The van der Waals surface area contributed by atoms with E-state index in [0.29, 0.717) is 29.7 Å². The number of carbonyl (C=O) groups is 2. The lowest BCUT2D eigenvalue weighted by atomic mass is 9.94. The zero-order valence-electron chi connectivity index (χ0n) is 11.6. The topological polar surface area (TPSA) is 75.6 Å². The predicted molar refractivity (Wildman–Crippen MR) is 76.2 cm³/mol. The van der Waals surface area contributed by atoms with Crippen molar-refractivity contribution in [3.05, 3.63) is 29.8 Å². The zero-order chi connectivity index (χ0) is 16.2. The first kappa shape index (κ1) is 16.7. The number of rotatable bonds is 6. The Morgan fingerprint density at radius 1 is 1.36 bits per heavy atom. The Labute approximate surface area is 130 Å². The minimum atomic E-state index is -2.52. The van der Waals surface area contributed by atoms with Crippen molar-refractivity contribution < 1.29 is 28.2 Å². The summed E-state index contributed by atoms with van der Waals surface area (Å²) in [5, 5.41) is 11.7. The van der Waals surface area contributed by atoms with E-state index in [-0.39, 0.29) is 18.6 Å². The number of amides is 1. The summed E-state index contributed by atoms with van der Waals surface area (Å²) in [5.41, 5.74) is -0.630. The number of thioether (sulfide) groups is 1. The van der Waals surface area contributed by atoms with Gasteiger partial charge in [0.1, 0.15) is 0 Å². The van der Waals surface area contributed by atoms with Gasteiger partial charge in [-0.2, -0.15) is 8.78 Å². The van der Waals surface area contributed by atoms with E-state index >= 15 is 0 Å². The molecule has 1 aromatic rings. The summed E-state index contributed by atoms with van der Waals surface area (Å²) in [6, 6.07) is 5.73. The molecule has 0 saturated carbocycles. The van der Waals surface area contributed by atoms with Gasteiger partial charge in [0.25, 0.3) is 11.7 Å². The second kappa shape index (κ2) is 7.06. The second-order valence-corrected chi connectivity index (χ2v) is 6.07. The highest BCUT2D eigenvalue weighted by Crippen LogP contribution is 2.26. The van der Waals surface area contributed by atoms with Gasteiger partial charge in [0, 0.05) is 17.1 Å². The summed E-state index contributed by atoms with van der Waals surface area (Å²) in [6.07, 6.45) is 0.197. The van der Waals surface area contributed by atoms with Crippen LogP contribution in [0, 0.1) is 0 Å². The zero-order valence-corrected chi connectivity index (χ0v) is 12.4. The third-order valence-electron chi connectivity index (χ3n) is 3.31. The normalized spacial score (nSPS) is 21.0. The molecule has 120 valence electrons. The van der Waals surface area contributed by atoms with E-state index in [1.165, 1.54) is 24.3 Å². The van der Waals surface area contributed by atoms with Crippen LogP contribution >= 0.6 is 11.8 Å². The van der Waals surface area contributed by atoms with Gasteiger partial charge in [0.15, 0.2) is 0 Å². The van der Waals surface area contributed by atoms with Crippen LogP contribution in [0.2, 0.25) is 0 Å². The molecule has 1 heterocycles. The number of benzene rings is 1. The minimum Gasteiger partial charge on any atom is -0.481 e. The molecule has 0 radical (unpaired) electrons. The molecule has 0 aromatic heterocycles. The fourth-order valence-electron chi connectivity index (χ4n) is 2.28. The highest BCUT2D eigenvalue weighted by atomic mass is 32.2. The van der Waals surface area contributed by atoms with Gasteiger partial charge in [-0.05, 0) is 30.7 Å². The first-order valence-electron chi connectivity index (χ1n) is 6.57. The van der Waals surface area contributed by atoms with Crippen LogP contribution in [0.15, 0.2) is 29.2 Å². The van der Waals surface area contributed by atoms with Gasteiger partial charge >= 0.3 is 5.97 Å². The van der Waals surface area contributed by atoms with Gasteiger partial charge in [-0.25, -0.2) is 0 Å². The summed E-state index contributed by atoms with van der Waals surface area (Å²) >= 11 is 0.397. The van der Waals surface area contributed by atoms with E-state index < -0.39 is 23.2 Å². The molecule has 1 fully saturated rings. The summed E-state index contributed by atoms with van der Waals surface area (Å²) in [6.45, 7) is 0.530. The van der Waals surface area contributed by atoms with Gasteiger partial charge < -0.3 is 15.2 Å². The lowest BCUT2D eigenvalue weighted by Gasteiger charge is -2.27. The predicted octanol–water partition coefficient (Wildman–Crippen LogP) is 2.36. The molecular formula is C14H15F2NO4S. The first-order valence-corrected chi connectivity index (χ1v) is 7.45. The molecule has 8 heteroatoms. The number of nitrogens with one attached hydrogen (secondary N) is 1. The van der Waals surface area contributed by atoms with Gasteiger partial charge in [0.05, 0.1) is 18.6 Å². The lowest BCUT2D eigenvalue weighted by Crippen LogP contribution is -2.50. The number of aliphatic carboxylic acids is 1. The molecule has 0 aliphatic carbocycles. The number of hydrogen-bond acceptors (Lipinski definition) is 4. The largest absolute Gasteiger partial charge is 0.481 e. The maximum Gasteiger partial charge on any atom is 0.305 e. The Bertz CT molecular complexity index is 544. The van der Waals surface area contributed by atoms with Crippen molar-refractivity contribution in [1.82, 2.24) is 5.32 Å².